The van der Waals surface area contributed by atoms with Gasteiger partial charge in [-0.15, -0.1) is 0 Å². The Balaban J connectivity index is 4.23. The first-order valence-corrected chi connectivity index (χ1v) is 4.82. The first-order chi connectivity index (χ1) is 7.25. The molecule has 3 unspecified atom stereocenters. The highest BCUT2D eigenvalue weighted by molar-refractivity contribution is 5.88. The van der Waals surface area contributed by atoms with E-state index in [1.807, 2.05) is 0 Å². The number of carboxylic acids is 1. The summed E-state index contributed by atoms with van der Waals surface area (Å²) < 4.78 is 0. The topological polar surface area (TPSA) is 136 Å². The normalized spacial score (nSPS) is 15.9. The van der Waals surface area contributed by atoms with E-state index < -0.39 is 35.8 Å². The van der Waals surface area contributed by atoms with Crippen molar-refractivity contribution < 1.29 is 19.5 Å². The molecule has 0 radical (unpaired) electrons. The lowest BCUT2D eigenvalue weighted by Gasteiger charge is -2.19. The van der Waals surface area contributed by atoms with Crippen LogP contribution in [-0.2, 0) is 14.4 Å². The summed E-state index contributed by atoms with van der Waals surface area (Å²) in [6.45, 7) is 3.01. The lowest BCUT2D eigenvalue weighted by atomic mass is 10.0. The highest BCUT2D eigenvalue weighted by Crippen LogP contribution is 2.02. The summed E-state index contributed by atoms with van der Waals surface area (Å²) >= 11 is 0. The van der Waals surface area contributed by atoms with E-state index >= 15 is 0 Å². The van der Waals surface area contributed by atoms with Gasteiger partial charge in [-0.1, -0.05) is 0 Å². The summed E-state index contributed by atoms with van der Waals surface area (Å²) in [5.74, 6) is -3.01. The zero-order chi connectivity index (χ0) is 12.9. The van der Waals surface area contributed by atoms with Crippen LogP contribution in [0.15, 0.2) is 0 Å². The van der Waals surface area contributed by atoms with Crippen molar-refractivity contribution in [1.29, 1.82) is 0 Å². The fourth-order valence-electron chi connectivity index (χ4n) is 0.980. The fourth-order valence-corrected chi connectivity index (χ4v) is 0.980. The number of nitrogens with two attached hydrogens (primary N) is 2. The molecule has 0 bridgehead atoms. The van der Waals surface area contributed by atoms with Gasteiger partial charge in [0.25, 0.3) is 0 Å². The molecule has 7 heteroatoms. The van der Waals surface area contributed by atoms with Crippen molar-refractivity contribution in [3.05, 3.63) is 0 Å². The third-order valence-corrected chi connectivity index (χ3v) is 2.27. The molecule has 0 aromatic carbocycles. The van der Waals surface area contributed by atoms with Gasteiger partial charge >= 0.3 is 5.97 Å². The van der Waals surface area contributed by atoms with E-state index in [1.165, 1.54) is 6.92 Å². The fraction of sp³-hybridized carbons (Fsp3) is 0.667. The minimum Gasteiger partial charge on any atom is -0.481 e. The maximum absolute atomic E-state index is 11.4. The van der Waals surface area contributed by atoms with Gasteiger partial charge in [0.2, 0.25) is 11.8 Å². The van der Waals surface area contributed by atoms with E-state index in [9.17, 15) is 14.4 Å². The summed E-state index contributed by atoms with van der Waals surface area (Å²) in [6, 6.07) is -1.61. The van der Waals surface area contributed by atoms with E-state index in [0.717, 1.165) is 0 Å². The molecule has 0 saturated heterocycles. The Morgan fingerprint density at radius 1 is 1.31 bits per heavy atom. The Morgan fingerprint density at radius 3 is 2.19 bits per heavy atom. The lowest BCUT2D eigenvalue weighted by molar-refractivity contribution is -0.142. The minimum absolute atomic E-state index is 0.264. The van der Waals surface area contributed by atoms with Crippen LogP contribution in [-0.4, -0.2) is 35.0 Å². The number of aliphatic carboxylic acids is 1. The van der Waals surface area contributed by atoms with E-state index in [4.69, 9.17) is 16.6 Å². The Bertz CT molecular complexity index is 292. The first-order valence-electron chi connectivity index (χ1n) is 4.82. The van der Waals surface area contributed by atoms with E-state index in [-0.39, 0.29) is 6.42 Å². The summed E-state index contributed by atoms with van der Waals surface area (Å²) in [5.41, 5.74) is 10.3. The molecule has 0 heterocycles. The molecule has 0 aliphatic rings. The van der Waals surface area contributed by atoms with Crippen LogP contribution in [0.25, 0.3) is 0 Å². The molecule has 0 aromatic heterocycles. The molecule has 0 spiro atoms. The third-order valence-electron chi connectivity index (χ3n) is 2.27. The molecule has 0 aromatic rings. The summed E-state index contributed by atoms with van der Waals surface area (Å²) in [5, 5.41) is 11.1. The van der Waals surface area contributed by atoms with Crippen LogP contribution in [0.3, 0.4) is 0 Å². The second kappa shape index (κ2) is 6.06. The summed E-state index contributed by atoms with van der Waals surface area (Å²) in [7, 11) is 0. The van der Waals surface area contributed by atoms with E-state index in [1.54, 1.807) is 6.92 Å². The Morgan fingerprint density at radius 2 is 1.81 bits per heavy atom. The lowest BCUT2D eigenvalue weighted by Crippen LogP contribution is -2.48. The van der Waals surface area contributed by atoms with Crippen molar-refractivity contribution in [3.8, 4) is 0 Å². The number of amides is 2. The molecule has 6 N–H and O–H groups in total. The van der Waals surface area contributed by atoms with Crippen molar-refractivity contribution in [2.24, 2.45) is 17.4 Å². The second-order valence-corrected chi connectivity index (χ2v) is 3.70. The van der Waals surface area contributed by atoms with Gasteiger partial charge in [0.15, 0.2) is 0 Å². The number of carbonyl (C=O) groups excluding carboxylic acids is 2. The van der Waals surface area contributed by atoms with Gasteiger partial charge < -0.3 is 21.9 Å². The Hall–Kier alpha value is -1.63. The molecular formula is C9H17N3O4. The van der Waals surface area contributed by atoms with Gasteiger partial charge in [-0.25, -0.2) is 0 Å². The number of nitrogens with one attached hydrogen (secondary N) is 1. The second-order valence-electron chi connectivity index (χ2n) is 3.70. The Labute approximate surface area is 93.2 Å². The molecule has 3 atom stereocenters. The van der Waals surface area contributed by atoms with Crippen LogP contribution >= 0.6 is 0 Å². The van der Waals surface area contributed by atoms with E-state index in [0.29, 0.717) is 0 Å². The summed E-state index contributed by atoms with van der Waals surface area (Å²) in [6.07, 6.45) is -0.264. The monoisotopic (exact) mass is 231 g/mol. The number of hydrogen-bond donors (Lipinski definition) is 4. The molecule has 0 saturated carbocycles. The highest BCUT2D eigenvalue weighted by Gasteiger charge is 2.24. The maximum Gasteiger partial charge on any atom is 0.308 e. The molecule has 0 aliphatic carbocycles. The highest BCUT2D eigenvalue weighted by atomic mass is 16.4. The van der Waals surface area contributed by atoms with Crippen molar-refractivity contribution in [1.82, 2.24) is 5.32 Å². The third kappa shape index (κ3) is 4.74. The number of rotatable bonds is 6. The Kier molecular flexibility index (Phi) is 5.44. The number of primary amides is 1. The predicted molar refractivity (Wildman–Crippen MR) is 56.2 cm³/mol. The van der Waals surface area contributed by atoms with Gasteiger partial charge in [0.05, 0.1) is 18.4 Å². The molecule has 0 rings (SSSR count). The largest absolute Gasteiger partial charge is 0.481 e. The maximum atomic E-state index is 11.4. The molecule has 0 fully saturated rings. The van der Waals surface area contributed by atoms with Gasteiger partial charge in [-0.05, 0) is 13.8 Å². The van der Waals surface area contributed by atoms with Crippen molar-refractivity contribution in [2.75, 3.05) is 0 Å². The van der Waals surface area contributed by atoms with Crippen LogP contribution in [0.2, 0.25) is 0 Å². The van der Waals surface area contributed by atoms with Gasteiger partial charge in [0, 0.05) is 6.04 Å². The average molecular weight is 231 g/mol. The molecule has 16 heavy (non-hydrogen) atoms. The van der Waals surface area contributed by atoms with Gasteiger partial charge in [-0.2, -0.15) is 0 Å². The zero-order valence-corrected chi connectivity index (χ0v) is 9.27. The molecular weight excluding hydrogens is 214 g/mol. The van der Waals surface area contributed by atoms with E-state index in [2.05, 4.69) is 5.32 Å². The average Bonchev–Trinajstić information content (AvgIpc) is 2.14. The number of carbonyl (C=O) groups is 3. The number of hydrogen-bond acceptors (Lipinski definition) is 4. The molecule has 7 nitrogen and oxygen atoms in total. The molecule has 0 aliphatic heterocycles. The predicted octanol–water partition coefficient (Wildman–Crippen LogP) is -1.59. The standard InChI is InChI=1S/C9H17N3O4/c1-4(9(15)16)5(2)12-8(14)6(10)3-7(11)13/h4-6H,3,10H2,1-2H3,(H2,11,13)(H,12,14)(H,15,16). The van der Waals surface area contributed by atoms with Crippen LogP contribution < -0.4 is 16.8 Å². The van der Waals surface area contributed by atoms with Gasteiger partial charge in [-0.3, -0.25) is 14.4 Å². The first kappa shape index (κ1) is 14.4. The minimum atomic E-state index is -1.04. The smallest absolute Gasteiger partial charge is 0.308 e. The quantitative estimate of drug-likeness (QED) is 0.437. The van der Waals surface area contributed by atoms with Crippen molar-refractivity contribution in [3.63, 3.8) is 0 Å². The van der Waals surface area contributed by atoms with Crippen LogP contribution in [0, 0.1) is 5.92 Å². The summed E-state index contributed by atoms with van der Waals surface area (Å²) in [4.78, 5) is 32.5. The number of carboxylic acid groups (broad SMARTS) is 1. The van der Waals surface area contributed by atoms with Crippen LogP contribution in [0.1, 0.15) is 20.3 Å². The van der Waals surface area contributed by atoms with Crippen LogP contribution in [0.5, 0.6) is 0 Å². The molecule has 92 valence electrons. The zero-order valence-electron chi connectivity index (χ0n) is 9.27. The van der Waals surface area contributed by atoms with Crippen molar-refractivity contribution in [2.45, 2.75) is 32.4 Å². The molecule has 2 amide bonds. The van der Waals surface area contributed by atoms with Gasteiger partial charge in [0.1, 0.15) is 0 Å². The van der Waals surface area contributed by atoms with Crippen LogP contribution in [0.4, 0.5) is 0 Å². The van der Waals surface area contributed by atoms with Crippen molar-refractivity contribution >= 4 is 17.8 Å². The SMILES string of the molecule is CC(NC(=O)C(N)CC(N)=O)C(C)C(=O)O.